The Kier molecular flexibility index (Phi) is 5.00. The summed E-state index contributed by atoms with van der Waals surface area (Å²) in [7, 11) is 2.12. The van der Waals surface area contributed by atoms with E-state index in [4.69, 9.17) is 6.57 Å². The smallest absolute Gasteiger partial charge is 0.288 e. The molecule has 4 rings (SSSR count). The molecule has 28 heavy (non-hydrogen) atoms. The normalized spacial score (nSPS) is 15.3. The van der Waals surface area contributed by atoms with Crippen molar-refractivity contribution in [2.75, 3.05) is 25.5 Å². The molecular weight excluding hydrogens is 357 g/mol. The molecule has 7 nitrogen and oxygen atoms in total. The first kappa shape index (κ1) is 18.1. The van der Waals surface area contributed by atoms with Crippen LogP contribution in [0, 0.1) is 12.4 Å². The standard InChI is InChI=1S/C20H20FN7/c1-22-19-11-24-20(12-23-19)25-18-10-17(26-27-18)15-4-3-14(9-16(15)21)13-5-7-28(2)8-6-13/h3-4,9-13H,5-8H2,2H3,(H2,24,25,26,27). The van der Waals surface area contributed by atoms with Crippen LogP contribution in [0.5, 0.6) is 0 Å². The molecule has 1 aliphatic rings. The van der Waals surface area contributed by atoms with Crippen LogP contribution in [0.2, 0.25) is 0 Å². The van der Waals surface area contributed by atoms with Crippen LogP contribution in [-0.2, 0) is 0 Å². The summed E-state index contributed by atoms with van der Waals surface area (Å²) in [6.45, 7) is 8.98. The van der Waals surface area contributed by atoms with Gasteiger partial charge < -0.3 is 15.1 Å². The summed E-state index contributed by atoms with van der Waals surface area (Å²) >= 11 is 0. The van der Waals surface area contributed by atoms with Gasteiger partial charge in [-0.05, 0) is 56.6 Å². The Balaban J connectivity index is 1.49. The lowest BCUT2D eigenvalue weighted by Crippen LogP contribution is -2.29. The molecule has 0 radical (unpaired) electrons. The fourth-order valence-corrected chi connectivity index (χ4v) is 3.44. The van der Waals surface area contributed by atoms with Crippen molar-refractivity contribution in [2.24, 2.45) is 0 Å². The number of rotatable bonds is 4. The summed E-state index contributed by atoms with van der Waals surface area (Å²) < 4.78 is 14.8. The van der Waals surface area contributed by atoms with E-state index in [1.807, 2.05) is 12.1 Å². The first-order valence-electron chi connectivity index (χ1n) is 9.12. The summed E-state index contributed by atoms with van der Waals surface area (Å²) in [5, 5.41) is 10.00. The molecule has 0 aliphatic carbocycles. The molecule has 2 aromatic heterocycles. The Morgan fingerprint density at radius 2 is 2.00 bits per heavy atom. The quantitative estimate of drug-likeness (QED) is 0.670. The van der Waals surface area contributed by atoms with Gasteiger partial charge in [-0.25, -0.2) is 9.37 Å². The topological polar surface area (TPSA) is 74.1 Å². The summed E-state index contributed by atoms with van der Waals surface area (Å²) in [6.07, 6.45) is 4.95. The average Bonchev–Trinajstić information content (AvgIpc) is 3.17. The molecule has 1 aromatic carbocycles. The number of piperidine rings is 1. The third-order valence-electron chi connectivity index (χ3n) is 5.06. The summed E-state index contributed by atoms with van der Waals surface area (Å²) in [6, 6.07) is 7.19. The molecular formula is C20H20FN7. The first-order valence-corrected chi connectivity index (χ1v) is 9.12. The van der Waals surface area contributed by atoms with Crippen LogP contribution < -0.4 is 5.32 Å². The molecule has 0 bridgehead atoms. The van der Waals surface area contributed by atoms with Gasteiger partial charge >= 0.3 is 0 Å². The summed E-state index contributed by atoms with van der Waals surface area (Å²) in [5.74, 6) is 1.34. The number of likely N-dealkylation sites (tertiary alicyclic amines) is 1. The number of benzene rings is 1. The highest BCUT2D eigenvalue weighted by molar-refractivity contribution is 5.66. The molecule has 0 unspecified atom stereocenters. The van der Waals surface area contributed by atoms with E-state index < -0.39 is 0 Å². The Hall–Kier alpha value is -3.31. The molecule has 2 N–H and O–H groups in total. The highest BCUT2D eigenvalue weighted by atomic mass is 19.1. The van der Waals surface area contributed by atoms with E-state index in [0.29, 0.717) is 28.8 Å². The summed E-state index contributed by atoms with van der Waals surface area (Å²) in [4.78, 5) is 13.6. The second-order valence-electron chi connectivity index (χ2n) is 6.98. The SMILES string of the molecule is [C-]#[N+]c1cnc(Nc2cc(-c3ccc(C4CCN(C)CC4)cc3F)[nH]n2)cn1. The molecule has 142 valence electrons. The van der Waals surface area contributed by atoms with E-state index >= 15 is 0 Å². The minimum Gasteiger partial charge on any atom is -0.359 e. The van der Waals surface area contributed by atoms with E-state index in [1.165, 1.54) is 12.4 Å². The Labute approximate surface area is 162 Å². The maximum Gasteiger partial charge on any atom is 0.288 e. The van der Waals surface area contributed by atoms with Crippen LogP contribution in [0.15, 0.2) is 36.7 Å². The highest BCUT2D eigenvalue weighted by Crippen LogP contribution is 2.31. The maximum absolute atomic E-state index is 14.8. The van der Waals surface area contributed by atoms with Crippen LogP contribution in [0.25, 0.3) is 16.1 Å². The fourth-order valence-electron chi connectivity index (χ4n) is 3.44. The monoisotopic (exact) mass is 377 g/mol. The van der Waals surface area contributed by atoms with Crippen molar-refractivity contribution in [1.82, 2.24) is 25.1 Å². The molecule has 1 aliphatic heterocycles. The second kappa shape index (κ2) is 7.74. The number of hydrogen-bond donors (Lipinski definition) is 2. The van der Waals surface area contributed by atoms with Crippen molar-refractivity contribution in [3.8, 4) is 11.3 Å². The lowest BCUT2D eigenvalue weighted by molar-refractivity contribution is 0.255. The molecule has 0 saturated carbocycles. The first-order chi connectivity index (χ1) is 13.6. The van der Waals surface area contributed by atoms with Gasteiger partial charge in [0.25, 0.3) is 5.82 Å². The van der Waals surface area contributed by atoms with Crippen LogP contribution in [-0.4, -0.2) is 45.2 Å². The average molecular weight is 377 g/mol. The highest BCUT2D eigenvalue weighted by Gasteiger charge is 2.20. The predicted octanol–water partition coefficient (Wildman–Crippen LogP) is 4.11. The van der Waals surface area contributed by atoms with Crippen molar-refractivity contribution >= 4 is 17.5 Å². The van der Waals surface area contributed by atoms with Crippen LogP contribution in [0.3, 0.4) is 0 Å². The zero-order chi connectivity index (χ0) is 19.5. The number of aromatic amines is 1. The van der Waals surface area contributed by atoms with Gasteiger partial charge in [0.15, 0.2) is 17.8 Å². The van der Waals surface area contributed by atoms with Gasteiger partial charge in [0.2, 0.25) is 0 Å². The van der Waals surface area contributed by atoms with Gasteiger partial charge in [-0.3, -0.25) is 5.10 Å². The number of nitrogens with one attached hydrogen (secondary N) is 2. The molecule has 1 saturated heterocycles. The van der Waals surface area contributed by atoms with Crippen molar-refractivity contribution in [2.45, 2.75) is 18.8 Å². The number of nitrogens with zero attached hydrogens (tertiary/aromatic N) is 5. The van der Waals surface area contributed by atoms with E-state index in [-0.39, 0.29) is 11.6 Å². The van der Waals surface area contributed by atoms with E-state index in [0.717, 1.165) is 31.5 Å². The van der Waals surface area contributed by atoms with Crippen LogP contribution in [0.1, 0.15) is 24.3 Å². The van der Waals surface area contributed by atoms with Crippen molar-refractivity contribution < 1.29 is 4.39 Å². The second-order valence-corrected chi connectivity index (χ2v) is 6.98. The van der Waals surface area contributed by atoms with Gasteiger partial charge in [0.1, 0.15) is 5.82 Å². The number of aromatic nitrogens is 4. The van der Waals surface area contributed by atoms with Crippen molar-refractivity contribution in [1.29, 1.82) is 0 Å². The lowest BCUT2D eigenvalue weighted by Gasteiger charge is -2.29. The number of halogens is 1. The lowest BCUT2D eigenvalue weighted by atomic mass is 9.89. The molecule has 3 heterocycles. The number of H-pyrrole nitrogens is 1. The number of hydrogen-bond acceptors (Lipinski definition) is 5. The van der Waals surface area contributed by atoms with Gasteiger partial charge in [-0.1, -0.05) is 12.6 Å². The molecule has 1 fully saturated rings. The number of anilines is 2. The van der Waals surface area contributed by atoms with Gasteiger partial charge in [-0.2, -0.15) is 5.10 Å². The third kappa shape index (κ3) is 3.85. The van der Waals surface area contributed by atoms with E-state index in [2.05, 4.69) is 42.3 Å². The largest absolute Gasteiger partial charge is 0.359 e. The summed E-state index contributed by atoms with van der Waals surface area (Å²) in [5.41, 5.74) is 2.12. The Morgan fingerprint density at radius 3 is 2.68 bits per heavy atom. The van der Waals surface area contributed by atoms with Gasteiger partial charge in [0, 0.05) is 11.6 Å². The van der Waals surface area contributed by atoms with Crippen LogP contribution >= 0.6 is 0 Å². The maximum atomic E-state index is 14.8. The zero-order valence-corrected chi connectivity index (χ0v) is 15.5. The van der Waals surface area contributed by atoms with Crippen molar-refractivity contribution in [3.63, 3.8) is 0 Å². The van der Waals surface area contributed by atoms with Gasteiger partial charge in [0.05, 0.1) is 11.9 Å². The Bertz CT molecular complexity index is 998. The third-order valence-corrected chi connectivity index (χ3v) is 5.06. The molecule has 0 spiro atoms. The molecule has 3 aromatic rings. The molecule has 0 amide bonds. The fraction of sp³-hybridized carbons (Fsp3) is 0.300. The predicted molar refractivity (Wildman–Crippen MR) is 105 cm³/mol. The van der Waals surface area contributed by atoms with Crippen molar-refractivity contribution in [3.05, 3.63) is 59.5 Å². The minimum absolute atomic E-state index is 0.222. The minimum atomic E-state index is -0.257. The zero-order valence-electron chi connectivity index (χ0n) is 15.5. The molecule has 0 atom stereocenters. The van der Waals surface area contributed by atoms with E-state index in [9.17, 15) is 4.39 Å². The Morgan fingerprint density at radius 1 is 1.18 bits per heavy atom. The van der Waals surface area contributed by atoms with Crippen LogP contribution in [0.4, 0.5) is 21.8 Å². The van der Waals surface area contributed by atoms with Gasteiger partial charge in [-0.15, -0.1) is 4.98 Å². The molecule has 8 heteroatoms. The van der Waals surface area contributed by atoms with E-state index in [1.54, 1.807) is 12.1 Å².